The van der Waals surface area contributed by atoms with Crippen LogP contribution in [0.25, 0.3) is 0 Å². The van der Waals surface area contributed by atoms with Gasteiger partial charge < -0.3 is 14.4 Å². The highest BCUT2D eigenvalue weighted by molar-refractivity contribution is 5.78. The first-order valence-electron chi connectivity index (χ1n) is 6.21. The van der Waals surface area contributed by atoms with Crippen molar-refractivity contribution in [3.05, 3.63) is 0 Å². The topological polar surface area (TPSA) is 57.0 Å². The fourth-order valence-electron chi connectivity index (χ4n) is 2.08. The highest BCUT2D eigenvalue weighted by atomic mass is 16.5. The summed E-state index contributed by atoms with van der Waals surface area (Å²) in [7, 11) is 0. The number of carbonyl (C=O) groups excluding carboxylic acids is 2. The number of hydrogen-bond acceptors (Lipinski definition) is 4. The lowest BCUT2D eigenvalue weighted by Crippen LogP contribution is -3.03. The van der Waals surface area contributed by atoms with Gasteiger partial charge in [-0.25, -0.2) is 9.59 Å². The Morgan fingerprint density at radius 3 is 2.29 bits per heavy atom. The Morgan fingerprint density at radius 1 is 1.24 bits per heavy atom. The molecule has 1 unspecified atom stereocenters. The van der Waals surface area contributed by atoms with E-state index in [1.54, 1.807) is 13.8 Å². The zero-order valence-corrected chi connectivity index (χ0v) is 11.0. The molecule has 0 spiro atoms. The summed E-state index contributed by atoms with van der Waals surface area (Å²) in [6.07, 6.45) is 0. The van der Waals surface area contributed by atoms with Crippen LogP contribution in [0, 0.1) is 5.92 Å². The minimum atomic E-state index is -0.260. The van der Waals surface area contributed by atoms with E-state index in [-0.39, 0.29) is 29.9 Å². The maximum absolute atomic E-state index is 11.8. The molecule has 5 heteroatoms. The molecule has 0 amide bonds. The Kier molecular flexibility index (Phi) is 4.93. The summed E-state index contributed by atoms with van der Waals surface area (Å²) in [6, 6.07) is -0.448. The van der Waals surface area contributed by atoms with Gasteiger partial charge in [0.2, 0.25) is 6.04 Å². The van der Waals surface area contributed by atoms with E-state index in [0.717, 1.165) is 4.90 Å². The van der Waals surface area contributed by atoms with Crippen LogP contribution in [0.2, 0.25) is 0 Å². The molecule has 0 aromatic rings. The number of carbonyl (C=O) groups is 2. The van der Waals surface area contributed by atoms with Crippen LogP contribution in [0.4, 0.5) is 0 Å². The fourth-order valence-corrected chi connectivity index (χ4v) is 2.08. The van der Waals surface area contributed by atoms with Gasteiger partial charge in [-0.15, -0.1) is 0 Å². The van der Waals surface area contributed by atoms with Crippen LogP contribution in [-0.4, -0.2) is 43.8 Å². The van der Waals surface area contributed by atoms with Crippen molar-refractivity contribution in [1.82, 2.24) is 0 Å². The Labute approximate surface area is 102 Å². The van der Waals surface area contributed by atoms with Crippen LogP contribution >= 0.6 is 0 Å². The standard InChI is InChI=1S/C12H21NO4/c1-5-16-11(14)9-7-13(9)10(8(3)4)12(15)17-6-2/h8-10H,5-7H2,1-4H3/p+1/t9-,10-,13?/m0/s1. The zero-order chi connectivity index (χ0) is 13.0. The molecule has 1 aliphatic rings. The predicted octanol–water partition coefficient (Wildman–Crippen LogP) is -0.596. The number of quaternary nitrogens is 1. The Balaban J connectivity index is 2.57. The number of nitrogens with one attached hydrogen (secondary N) is 1. The third-order valence-electron chi connectivity index (χ3n) is 2.91. The Morgan fingerprint density at radius 2 is 1.82 bits per heavy atom. The second-order valence-corrected chi connectivity index (χ2v) is 4.56. The third kappa shape index (κ3) is 3.43. The molecule has 0 saturated carbocycles. The van der Waals surface area contributed by atoms with E-state index in [9.17, 15) is 9.59 Å². The molecule has 0 aromatic heterocycles. The average Bonchev–Trinajstić information content (AvgIpc) is 2.98. The summed E-state index contributed by atoms with van der Waals surface area (Å²) < 4.78 is 10.00. The molecule has 0 bridgehead atoms. The summed E-state index contributed by atoms with van der Waals surface area (Å²) in [5, 5.41) is 0. The van der Waals surface area contributed by atoms with E-state index in [4.69, 9.17) is 9.47 Å². The van der Waals surface area contributed by atoms with E-state index >= 15 is 0 Å². The number of rotatable bonds is 6. The van der Waals surface area contributed by atoms with E-state index in [1.807, 2.05) is 13.8 Å². The second kappa shape index (κ2) is 6.00. The van der Waals surface area contributed by atoms with Crippen molar-refractivity contribution in [3.8, 4) is 0 Å². The van der Waals surface area contributed by atoms with E-state index < -0.39 is 0 Å². The minimum absolute atomic E-state index is 0.156. The summed E-state index contributed by atoms with van der Waals surface area (Å²) in [5.74, 6) is -0.273. The quantitative estimate of drug-likeness (QED) is 0.501. The highest BCUT2D eigenvalue weighted by Gasteiger charge is 2.55. The average molecular weight is 244 g/mol. The van der Waals surface area contributed by atoms with E-state index in [1.165, 1.54) is 0 Å². The van der Waals surface area contributed by atoms with Gasteiger partial charge in [-0.2, -0.15) is 0 Å². The van der Waals surface area contributed by atoms with Gasteiger partial charge in [0.1, 0.15) is 6.54 Å². The van der Waals surface area contributed by atoms with Gasteiger partial charge in [0, 0.05) is 5.92 Å². The van der Waals surface area contributed by atoms with Gasteiger partial charge in [0.25, 0.3) is 0 Å². The van der Waals surface area contributed by atoms with Crippen molar-refractivity contribution in [2.24, 2.45) is 5.92 Å². The van der Waals surface area contributed by atoms with Crippen molar-refractivity contribution in [1.29, 1.82) is 0 Å². The van der Waals surface area contributed by atoms with Crippen molar-refractivity contribution < 1.29 is 24.0 Å². The minimum Gasteiger partial charge on any atom is -0.462 e. The molecule has 1 aliphatic heterocycles. The second-order valence-electron chi connectivity index (χ2n) is 4.56. The number of ether oxygens (including phenoxy) is 2. The predicted molar refractivity (Wildman–Crippen MR) is 61.5 cm³/mol. The summed E-state index contributed by atoms with van der Waals surface area (Å²) >= 11 is 0. The first-order chi connectivity index (χ1) is 8.02. The molecule has 1 rings (SSSR count). The largest absolute Gasteiger partial charge is 0.462 e. The molecule has 5 nitrogen and oxygen atoms in total. The number of esters is 2. The van der Waals surface area contributed by atoms with Crippen LogP contribution in [-0.2, 0) is 19.1 Å². The van der Waals surface area contributed by atoms with Crippen LogP contribution in [0.15, 0.2) is 0 Å². The fraction of sp³-hybridized carbons (Fsp3) is 0.833. The molecule has 1 N–H and O–H groups in total. The van der Waals surface area contributed by atoms with Crippen LogP contribution in [0.3, 0.4) is 0 Å². The van der Waals surface area contributed by atoms with Crippen LogP contribution in [0.1, 0.15) is 27.7 Å². The number of hydrogen-bond donors (Lipinski definition) is 1. The summed E-state index contributed by atoms with van der Waals surface area (Å²) in [6.45, 7) is 8.93. The molecule has 1 fully saturated rings. The maximum Gasteiger partial charge on any atom is 0.371 e. The van der Waals surface area contributed by atoms with Gasteiger partial charge in [-0.05, 0) is 13.8 Å². The van der Waals surface area contributed by atoms with E-state index in [0.29, 0.717) is 19.8 Å². The first kappa shape index (κ1) is 14.0. The monoisotopic (exact) mass is 244 g/mol. The van der Waals surface area contributed by atoms with Crippen molar-refractivity contribution in [3.63, 3.8) is 0 Å². The summed E-state index contributed by atoms with van der Waals surface area (Å²) in [4.78, 5) is 24.3. The molecule has 3 atom stereocenters. The lowest BCUT2D eigenvalue weighted by atomic mass is 10.0. The van der Waals surface area contributed by atoms with Gasteiger partial charge >= 0.3 is 11.9 Å². The maximum atomic E-state index is 11.8. The normalized spacial score (nSPS) is 24.3. The van der Waals surface area contributed by atoms with Gasteiger partial charge in [0.15, 0.2) is 6.04 Å². The molecule has 0 aromatic carbocycles. The smallest absolute Gasteiger partial charge is 0.371 e. The molecule has 1 heterocycles. The molecular weight excluding hydrogens is 222 g/mol. The lowest BCUT2D eigenvalue weighted by Gasteiger charge is -2.17. The lowest BCUT2D eigenvalue weighted by molar-refractivity contribution is -0.794. The van der Waals surface area contributed by atoms with Crippen LogP contribution < -0.4 is 4.90 Å². The van der Waals surface area contributed by atoms with Crippen molar-refractivity contribution >= 4 is 11.9 Å². The SMILES string of the molecule is CCOC(=O)[C@H](C(C)C)[NH+]1C[C@H]1C(=O)OCC. The molecule has 0 radical (unpaired) electrons. The highest BCUT2D eigenvalue weighted by Crippen LogP contribution is 2.06. The molecular formula is C12H22NO4+. The Hall–Kier alpha value is -1.10. The first-order valence-corrected chi connectivity index (χ1v) is 6.21. The van der Waals surface area contributed by atoms with Gasteiger partial charge in [-0.1, -0.05) is 13.8 Å². The van der Waals surface area contributed by atoms with Gasteiger partial charge in [-0.3, -0.25) is 0 Å². The van der Waals surface area contributed by atoms with Crippen molar-refractivity contribution in [2.45, 2.75) is 39.8 Å². The molecule has 1 saturated heterocycles. The Bertz CT molecular complexity index is 290. The zero-order valence-electron chi connectivity index (χ0n) is 11.0. The molecule has 98 valence electrons. The third-order valence-corrected chi connectivity index (χ3v) is 2.91. The van der Waals surface area contributed by atoms with Crippen molar-refractivity contribution in [2.75, 3.05) is 19.8 Å². The molecule has 0 aliphatic carbocycles. The van der Waals surface area contributed by atoms with E-state index in [2.05, 4.69) is 0 Å². The van der Waals surface area contributed by atoms with Crippen LogP contribution in [0.5, 0.6) is 0 Å². The molecule has 17 heavy (non-hydrogen) atoms. The van der Waals surface area contributed by atoms with Gasteiger partial charge in [0.05, 0.1) is 13.2 Å². The summed E-state index contributed by atoms with van der Waals surface area (Å²) in [5.41, 5.74) is 0.